The van der Waals surface area contributed by atoms with E-state index in [1.807, 2.05) is 26.8 Å². The number of esters is 1. The summed E-state index contributed by atoms with van der Waals surface area (Å²) in [6.45, 7) is 6.32. The van der Waals surface area contributed by atoms with Crippen LogP contribution in [0.5, 0.6) is 0 Å². The van der Waals surface area contributed by atoms with Crippen LogP contribution in [0, 0.1) is 0 Å². The number of rotatable bonds is 6. The first-order chi connectivity index (χ1) is 11.3. The van der Waals surface area contributed by atoms with Crippen LogP contribution in [0.1, 0.15) is 20.8 Å². The van der Waals surface area contributed by atoms with Crippen LogP contribution in [-0.4, -0.2) is 40.6 Å². The van der Waals surface area contributed by atoms with Crippen LogP contribution >= 0.6 is 11.8 Å². The number of carbonyl (C=O) groups excluding carboxylic acids is 1. The van der Waals surface area contributed by atoms with Gasteiger partial charge in [-0.3, -0.25) is 14.2 Å². The molecule has 0 fully saturated rings. The Hall–Kier alpha value is -1.86. The smallest absolute Gasteiger partial charge is 0.325 e. The van der Waals surface area contributed by atoms with Gasteiger partial charge < -0.3 is 9.47 Å². The first kappa shape index (κ1) is 18.5. The molecular weight excluding hydrogens is 328 g/mol. The van der Waals surface area contributed by atoms with E-state index in [1.165, 1.54) is 23.4 Å². The van der Waals surface area contributed by atoms with Gasteiger partial charge in [-0.2, -0.15) is 0 Å². The highest BCUT2D eigenvalue weighted by Gasteiger charge is 2.15. The molecule has 0 atom stereocenters. The number of para-hydroxylation sites is 1. The summed E-state index contributed by atoms with van der Waals surface area (Å²) in [5, 5.41) is 0.971. The van der Waals surface area contributed by atoms with Gasteiger partial charge in [-0.15, -0.1) is 0 Å². The summed E-state index contributed by atoms with van der Waals surface area (Å²) in [5.74, 6) is 0.144. The van der Waals surface area contributed by atoms with Gasteiger partial charge in [-0.05, 0) is 32.9 Å². The van der Waals surface area contributed by atoms with Crippen molar-refractivity contribution in [3.8, 4) is 0 Å². The molecule has 0 aliphatic heterocycles. The van der Waals surface area contributed by atoms with Gasteiger partial charge in [0.25, 0.3) is 5.56 Å². The van der Waals surface area contributed by atoms with Crippen molar-refractivity contribution in [1.82, 2.24) is 9.55 Å². The third-order valence-corrected chi connectivity index (χ3v) is 4.13. The number of fused-ring (bicyclic) bond motifs is 1. The zero-order valence-corrected chi connectivity index (χ0v) is 15.2. The molecule has 0 amide bonds. The minimum Gasteiger partial charge on any atom is -0.468 e. The van der Waals surface area contributed by atoms with E-state index in [4.69, 9.17) is 4.74 Å². The lowest BCUT2D eigenvalue weighted by Crippen LogP contribution is -2.28. The van der Waals surface area contributed by atoms with E-state index in [0.717, 1.165) is 0 Å². The Morgan fingerprint density at radius 1 is 1.29 bits per heavy atom. The second-order valence-corrected chi connectivity index (χ2v) is 7.25. The molecule has 0 saturated heterocycles. The lowest BCUT2D eigenvalue weighted by molar-refractivity contribution is -0.141. The van der Waals surface area contributed by atoms with Crippen molar-refractivity contribution in [3.05, 3.63) is 34.6 Å². The summed E-state index contributed by atoms with van der Waals surface area (Å²) in [7, 11) is 1.30. The summed E-state index contributed by atoms with van der Waals surface area (Å²) in [4.78, 5) is 28.8. The second-order valence-electron chi connectivity index (χ2n) is 6.19. The average molecular weight is 350 g/mol. The molecule has 0 bridgehead atoms. The van der Waals surface area contributed by atoms with E-state index in [0.29, 0.717) is 28.4 Å². The molecule has 0 aliphatic carbocycles. The molecule has 0 unspecified atom stereocenters. The third-order valence-electron chi connectivity index (χ3n) is 3.19. The van der Waals surface area contributed by atoms with Gasteiger partial charge in [0.15, 0.2) is 5.16 Å². The first-order valence-electron chi connectivity index (χ1n) is 7.65. The number of ether oxygens (including phenoxy) is 2. The van der Waals surface area contributed by atoms with Gasteiger partial charge in [0, 0.05) is 5.75 Å². The van der Waals surface area contributed by atoms with Gasteiger partial charge in [-0.1, -0.05) is 23.9 Å². The summed E-state index contributed by atoms with van der Waals surface area (Å²) >= 11 is 1.39. The van der Waals surface area contributed by atoms with E-state index in [1.54, 1.807) is 18.2 Å². The molecule has 2 rings (SSSR count). The first-order valence-corrected chi connectivity index (χ1v) is 8.63. The molecule has 6 nitrogen and oxygen atoms in total. The Bertz CT molecular complexity index is 780. The summed E-state index contributed by atoms with van der Waals surface area (Å²) in [6.07, 6.45) is 0. The fraction of sp³-hybridized carbons (Fsp3) is 0.471. The average Bonchev–Trinajstić information content (AvgIpc) is 2.53. The Kier molecular flexibility index (Phi) is 6.01. The van der Waals surface area contributed by atoms with E-state index in [9.17, 15) is 9.59 Å². The molecule has 1 aromatic heterocycles. The summed E-state index contributed by atoms with van der Waals surface area (Å²) in [5.41, 5.74) is 0.149. The maximum absolute atomic E-state index is 12.7. The van der Waals surface area contributed by atoms with E-state index in [-0.39, 0.29) is 17.7 Å². The summed E-state index contributed by atoms with van der Waals surface area (Å²) in [6, 6.07) is 7.10. The van der Waals surface area contributed by atoms with Gasteiger partial charge in [0.2, 0.25) is 0 Å². The van der Waals surface area contributed by atoms with E-state index in [2.05, 4.69) is 9.72 Å². The number of hydrogen-bond donors (Lipinski definition) is 0. The Balaban J connectivity index is 2.30. The van der Waals surface area contributed by atoms with Crippen molar-refractivity contribution < 1.29 is 14.3 Å². The van der Waals surface area contributed by atoms with Crippen molar-refractivity contribution in [1.29, 1.82) is 0 Å². The molecule has 0 saturated carbocycles. The molecule has 7 heteroatoms. The quantitative estimate of drug-likeness (QED) is 0.345. The van der Waals surface area contributed by atoms with Gasteiger partial charge in [0.05, 0.1) is 30.2 Å². The Labute approximate surface area is 145 Å². The molecule has 0 N–H and O–H groups in total. The Morgan fingerprint density at radius 3 is 2.67 bits per heavy atom. The van der Waals surface area contributed by atoms with Crippen molar-refractivity contribution in [2.75, 3.05) is 19.5 Å². The van der Waals surface area contributed by atoms with Crippen molar-refractivity contribution in [3.63, 3.8) is 0 Å². The van der Waals surface area contributed by atoms with E-state index < -0.39 is 5.97 Å². The van der Waals surface area contributed by atoms with Crippen LogP contribution in [0.2, 0.25) is 0 Å². The number of methoxy groups -OCH3 is 1. The number of aromatic nitrogens is 2. The predicted octanol–water partition coefficient (Wildman–Crippen LogP) is 2.48. The lowest BCUT2D eigenvalue weighted by atomic mass is 10.2. The molecule has 1 aromatic carbocycles. The topological polar surface area (TPSA) is 70.4 Å². The van der Waals surface area contributed by atoms with Crippen molar-refractivity contribution >= 4 is 28.6 Å². The highest BCUT2D eigenvalue weighted by molar-refractivity contribution is 7.99. The van der Waals surface area contributed by atoms with E-state index >= 15 is 0 Å². The predicted molar refractivity (Wildman–Crippen MR) is 94.4 cm³/mol. The highest BCUT2D eigenvalue weighted by atomic mass is 32.2. The monoisotopic (exact) mass is 350 g/mol. The SMILES string of the molecule is COC(=O)Cn1c(SCCOC(C)(C)C)nc2ccccc2c1=O. The molecule has 24 heavy (non-hydrogen) atoms. The molecular formula is C17H22N2O4S. The lowest BCUT2D eigenvalue weighted by Gasteiger charge is -2.19. The number of hydrogen-bond acceptors (Lipinski definition) is 6. The van der Waals surface area contributed by atoms with Gasteiger partial charge in [-0.25, -0.2) is 4.98 Å². The van der Waals surface area contributed by atoms with Crippen LogP contribution in [0.25, 0.3) is 10.9 Å². The van der Waals surface area contributed by atoms with Crippen LogP contribution in [-0.2, 0) is 20.8 Å². The van der Waals surface area contributed by atoms with Crippen molar-refractivity contribution in [2.45, 2.75) is 38.1 Å². The minimum absolute atomic E-state index is 0.157. The van der Waals surface area contributed by atoms with Crippen LogP contribution in [0.3, 0.4) is 0 Å². The van der Waals surface area contributed by atoms with Crippen molar-refractivity contribution in [2.24, 2.45) is 0 Å². The maximum Gasteiger partial charge on any atom is 0.325 e. The fourth-order valence-corrected chi connectivity index (χ4v) is 2.89. The minimum atomic E-state index is -0.484. The largest absolute Gasteiger partial charge is 0.468 e. The molecule has 1 heterocycles. The number of benzene rings is 1. The summed E-state index contributed by atoms with van der Waals surface area (Å²) < 4.78 is 11.7. The molecule has 0 spiro atoms. The number of carbonyl (C=O) groups is 1. The normalized spacial score (nSPS) is 11.7. The van der Waals surface area contributed by atoms with Gasteiger partial charge >= 0.3 is 5.97 Å². The van der Waals surface area contributed by atoms with Crippen LogP contribution in [0.15, 0.2) is 34.2 Å². The fourth-order valence-electron chi connectivity index (χ4n) is 2.07. The van der Waals surface area contributed by atoms with Crippen LogP contribution < -0.4 is 5.56 Å². The van der Waals surface area contributed by atoms with Crippen LogP contribution in [0.4, 0.5) is 0 Å². The molecule has 2 aromatic rings. The third kappa shape index (κ3) is 4.82. The zero-order chi connectivity index (χ0) is 17.7. The van der Waals surface area contributed by atoms with Gasteiger partial charge in [0.1, 0.15) is 6.54 Å². The number of thioether (sulfide) groups is 1. The second kappa shape index (κ2) is 7.81. The highest BCUT2D eigenvalue weighted by Crippen LogP contribution is 2.18. The molecule has 0 radical (unpaired) electrons. The maximum atomic E-state index is 12.7. The molecule has 130 valence electrons. The zero-order valence-electron chi connectivity index (χ0n) is 14.4. The molecule has 0 aliphatic rings. The number of nitrogens with zero attached hydrogens (tertiary/aromatic N) is 2. The standard InChI is InChI=1S/C17H22N2O4S/c1-17(2,3)23-9-10-24-16-18-13-8-6-5-7-12(13)15(21)19(16)11-14(20)22-4/h5-8H,9-11H2,1-4H3. The Morgan fingerprint density at radius 2 is 2.00 bits per heavy atom.